The van der Waals surface area contributed by atoms with Gasteiger partial charge in [0.05, 0.1) is 5.25 Å². The molecule has 0 heterocycles. The summed E-state index contributed by atoms with van der Waals surface area (Å²) in [6.07, 6.45) is 5.54. The molecule has 0 unspecified atom stereocenters. The van der Waals surface area contributed by atoms with Crippen molar-refractivity contribution >= 4 is 27.3 Å². The molecule has 1 saturated carbocycles. The van der Waals surface area contributed by atoms with Crippen LogP contribution in [0.5, 0.6) is 0 Å². The lowest BCUT2D eigenvalue weighted by Crippen LogP contribution is -2.29. The number of alkyl halides is 1. The summed E-state index contributed by atoms with van der Waals surface area (Å²) in [5, 5.41) is -0.233. The van der Waals surface area contributed by atoms with E-state index in [0.29, 0.717) is 11.6 Å². The zero-order valence-electron chi connectivity index (χ0n) is 10.9. The molecule has 0 saturated heterocycles. The molecular formula is C14H20ClNO2S. The topological polar surface area (TPSA) is 46.2 Å². The molecule has 1 aliphatic rings. The van der Waals surface area contributed by atoms with Crippen molar-refractivity contribution in [1.29, 1.82) is 0 Å². The lowest BCUT2D eigenvalue weighted by Gasteiger charge is -2.22. The number of halogens is 1. The Morgan fingerprint density at radius 3 is 2.32 bits per heavy atom. The third-order valence-electron chi connectivity index (χ3n) is 3.59. The Kier molecular flexibility index (Phi) is 5.11. The van der Waals surface area contributed by atoms with Crippen LogP contribution in [0, 0.1) is 0 Å². The SMILES string of the molecule is O=S(=O)(Nc1ccc(CCCl)cc1)C1CCCCC1. The van der Waals surface area contributed by atoms with E-state index in [1.807, 2.05) is 24.3 Å². The molecule has 3 nitrogen and oxygen atoms in total. The van der Waals surface area contributed by atoms with Gasteiger partial charge in [0.25, 0.3) is 0 Å². The predicted octanol–water partition coefficient (Wildman–Crippen LogP) is 3.54. The van der Waals surface area contributed by atoms with Crippen molar-refractivity contribution in [2.75, 3.05) is 10.6 Å². The highest BCUT2D eigenvalue weighted by molar-refractivity contribution is 7.93. The van der Waals surface area contributed by atoms with Crippen LogP contribution in [0.3, 0.4) is 0 Å². The van der Waals surface area contributed by atoms with E-state index in [9.17, 15) is 8.42 Å². The molecule has 5 heteroatoms. The Hall–Kier alpha value is -0.740. The average molecular weight is 302 g/mol. The van der Waals surface area contributed by atoms with Crippen LogP contribution >= 0.6 is 11.6 Å². The van der Waals surface area contributed by atoms with Gasteiger partial charge in [0, 0.05) is 11.6 Å². The van der Waals surface area contributed by atoms with Crippen LogP contribution in [0.2, 0.25) is 0 Å². The highest BCUT2D eigenvalue weighted by Gasteiger charge is 2.26. The maximum absolute atomic E-state index is 12.2. The fourth-order valence-electron chi connectivity index (χ4n) is 2.47. The van der Waals surface area contributed by atoms with E-state index in [1.165, 1.54) is 0 Å². The molecule has 0 atom stereocenters. The molecule has 19 heavy (non-hydrogen) atoms. The van der Waals surface area contributed by atoms with Gasteiger partial charge in [-0.05, 0) is 37.0 Å². The molecule has 2 rings (SSSR count). The van der Waals surface area contributed by atoms with Crippen molar-refractivity contribution in [1.82, 2.24) is 0 Å². The first kappa shape index (κ1) is 14.7. The second kappa shape index (κ2) is 6.62. The Morgan fingerprint density at radius 2 is 1.74 bits per heavy atom. The fourth-order valence-corrected chi connectivity index (χ4v) is 4.28. The first-order chi connectivity index (χ1) is 9.12. The zero-order chi connectivity index (χ0) is 13.7. The van der Waals surface area contributed by atoms with E-state index in [4.69, 9.17) is 11.6 Å². The monoisotopic (exact) mass is 301 g/mol. The van der Waals surface area contributed by atoms with Gasteiger partial charge >= 0.3 is 0 Å². The summed E-state index contributed by atoms with van der Waals surface area (Å²) < 4.78 is 27.2. The van der Waals surface area contributed by atoms with Crippen LogP contribution in [0.4, 0.5) is 5.69 Å². The molecule has 0 radical (unpaired) electrons. The molecule has 1 fully saturated rings. The molecule has 0 aliphatic heterocycles. The molecule has 1 N–H and O–H groups in total. The van der Waals surface area contributed by atoms with Crippen LogP contribution in [-0.2, 0) is 16.4 Å². The Bertz CT molecular complexity index is 493. The summed E-state index contributed by atoms with van der Waals surface area (Å²) in [5.41, 5.74) is 1.76. The summed E-state index contributed by atoms with van der Waals surface area (Å²) in [7, 11) is -3.24. The van der Waals surface area contributed by atoms with E-state index in [2.05, 4.69) is 4.72 Å². The van der Waals surface area contributed by atoms with Crippen molar-refractivity contribution in [3.8, 4) is 0 Å². The molecule has 0 bridgehead atoms. The van der Waals surface area contributed by atoms with E-state index in [0.717, 1.165) is 44.1 Å². The first-order valence-electron chi connectivity index (χ1n) is 6.78. The summed E-state index contributed by atoms with van der Waals surface area (Å²) >= 11 is 5.67. The molecule has 1 aromatic rings. The Balaban J connectivity index is 2.02. The van der Waals surface area contributed by atoms with Gasteiger partial charge < -0.3 is 0 Å². The summed E-state index contributed by atoms with van der Waals surface area (Å²) in [6, 6.07) is 7.45. The zero-order valence-corrected chi connectivity index (χ0v) is 12.5. The van der Waals surface area contributed by atoms with Crippen LogP contribution in [0.25, 0.3) is 0 Å². The number of hydrogen-bond acceptors (Lipinski definition) is 2. The van der Waals surface area contributed by atoms with Crippen molar-refractivity contribution < 1.29 is 8.42 Å². The third-order valence-corrected chi connectivity index (χ3v) is 5.65. The van der Waals surface area contributed by atoms with Gasteiger partial charge in [-0.3, -0.25) is 4.72 Å². The highest BCUT2D eigenvalue weighted by Crippen LogP contribution is 2.25. The lowest BCUT2D eigenvalue weighted by atomic mass is 10.0. The van der Waals surface area contributed by atoms with Gasteiger partial charge in [-0.1, -0.05) is 31.4 Å². The summed E-state index contributed by atoms with van der Waals surface area (Å²) in [5.74, 6) is 0.577. The standard InChI is InChI=1S/C14H20ClNO2S/c15-11-10-12-6-8-13(9-7-12)16-19(17,18)14-4-2-1-3-5-14/h6-9,14,16H,1-5,10-11H2. The van der Waals surface area contributed by atoms with Crippen LogP contribution in [0.1, 0.15) is 37.7 Å². The van der Waals surface area contributed by atoms with Crippen LogP contribution in [0.15, 0.2) is 24.3 Å². The predicted molar refractivity (Wildman–Crippen MR) is 80.3 cm³/mol. The fraction of sp³-hybridized carbons (Fsp3) is 0.571. The van der Waals surface area contributed by atoms with Gasteiger partial charge in [0.1, 0.15) is 0 Å². The van der Waals surface area contributed by atoms with Crippen LogP contribution < -0.4 is 4.72 Å². The molecule has 0 aromatic heterocycles. The van der Waals surface area contributed by atoms with E-state index >= 15 is 0 Å². The van der Waals surface area contributed by atoms with Gasteiger partial charge in [0.15, 0.2) is 0 Å². The highest BCUT2D eigenvalue weighted by atomic mass is 35.5. The van der Waals surface area contributed by atoms with Gasteiger partial charge in [-0.2, -0.15) is 0 Å². The lowest BCUT2D eigenvalue weighted by molar-refractivity contribution is 0.486. The molecule has 1 aromatic carbocycles. The maximum atomic E-state index is 12.2. The normalized spacial score (nSPS) is 17.3. The second-order valence-corrected chi connectivity index (χ2v) is 7.38. The minimum absolute atomic E-state index is 0.233. The van der Waals surface area contributed by atoms with E-state index in [-0.39, 0.29) is 5.25 Å². The van der Waals surface area contributed by atoms with Gasteiger partial charge in [-0.25, -0.2) is 8.42 Å². The van der Waals surface area contributed by atoms with Crippen molar-refractivity contribution in [2.24, 2.45) is 0 Å². The number of anilines is 1. The van der Waals surface area contributed by atoms with Crippen molar-refractivity contribution in [2.45, 2.75) is 43.8 Å². The molecular weight excluding hydrogens is 282 g/mol. The third kappa shape index (κ3) is 4.11. The van der Waals surface area contributed by atoms with Gasteiger partial charge in [0.2, 0.25) is 10.0 Å². The van der Waals surface area contributed by atoms with Crippen molar-refractivity contribution in [3.05, 3.63) is 29.8 Å². The molecule has 0 amide bonds. The smallest absolute Gasteiger partial charge is 0.235 e. The number of benzene rings is 1. The summed E-state index contributed by atoms with van der Waals surface area (Å²) in [6.45, 7) is 0. The number of rotatable bonds is 5. The second-order valence-electron chi connectivity index (χ2n) is 5.04. The first-order valence-corrected chi connectivity index (χ1v) is 8.86. The number of aryl methyl sites for hydroxylation is 1. The largest absolute Gasteiger partial charge is 0.283 e. The summed E-state index contributed by atoms with van der Waals surface area (Å²) in [4.78, 5) is 0. The molecule has 0 spiro atoms. The maximum Gasteiger partial charge on any atom is 0.235 e. The number of hydrogen-bond donors (Lipinski definition) is 1. The Labute approximate surface area is 120 Å². The average Bonchev–Trinajstić information content (AvgIpc) is 2.42. The number of nitrogens with one attached hydrogen (secondary N) is 1. The number of sulfonamides is 1. The van der Waals surface area contributed by atoms with Crippen molar-refractivity contribution in [3.63, 3.8) is 0 Å². The molecule has 106 valence electrons. The Morgan fingerprint density at radius 1 is 1.11 bits per heavy atom. The minimum Gasteiger partial charge on any atom is -0.283 e. The van der Waals surface area contributed by atoms with Crippen LogP contribution in [-0.4, -0.2) is 19.5 Å². The van der Waals surface area contributed by atoms with E-state index < -0.39 is 10.0 Å². The van der Waals surface area contributed by atoms with E-state index in [1.54, 1.807) is 0 Å². The molecule has 1 aliphatic carbocycles. The minimum atomic E-state index is -3.24. The quantitative estimate of drug-likeness (QED) is 0.846. The van der Waals surface area contributed by atoms with Gasteiger partial charge in [-0.15, -0.1) is 11.6 Å².